The fourth-order valence-electron chi connectivity index (χ4n) is 1.91. The molecule has 0 atom stereocenters. The average molecular weight is 274 g/mol. The second-order valence-corrected chi connectivity index (χ2v) is 4.65. The molecular weight excluding hydrogens is 262 g/mol. The largest absolute Gasteiger partial charge is 0.363 e. The molecule has 0 aliphatic rings. The fourth-order valence-corrected chi connectivity index (χ4v) is 1.91. The lowest BCUT2D eigenvalue weighted by atomic mass is 10.2. The van der Waals surface area contributed by atoms with E-state index < -0.39 is 11.6 Å². The molecule has 0 saturated carbocycles. The van der Waals surface area contributed by atoms with Crippen LogP contribution in [0.2, 0.25) is 0 Å². The van der Waals surface area contributed by atoms with Crippen LogP contribution in [0.1, 0.15) is 0 Å². The van der Waals surface area contributed by atoms with Crippen LogP contribution < -0.4 is 4.90 Å². The third-order valence-corrected chi connectivity index (χ3v) is 2.98. The number of imidazole rings is 1. The molecule has 0 radical (unpaired) electrons. The SMILES string of the molecule is CN(C)c1ccc2[nH]c(-c3ccc(F)c(F)c3)nc2n1. The molecule has 20 heavy (non-hydrogen) atoms. The van der Waals surface area contributed by atoms with Gasteiger partial charge in [-0.05, 0) is 30.3 Å². The number of rotatable bonds is 2. The molecule has 1 N–H and O–H groups in total. The Kier molecular flexibility index (Phi) is 2.85. The quantitative estimate of drug-likeness (QED) is 0.781. The highest BCUT2D eigenvalue weighted by Gasteiger charge is 2.10. The van der Waals surface area contributed by atoms with Crippen molar-refractivity contribution < 1.29 is 8.78 Å². The highest BCUT2D eigenvalue weighted by Crippen LogP contribution is 2.22. The van der Waals surface area contributed by atoms with Gasteiger partial charge >= 0.3 is 0 Å². The van der Waals surface area contributed by atoms with Crippen molar-refractivity contribution in [1.29, 1.82) is 0 Å². The summed E-state index contributed by atoms with van der Waals surface area (Å²) in [4.78, 5) is 13.6. The van der Waals surface area contributed by atoms with Crippen molar-refractivity contribution in [2.24, 2.45) is 0 Å². The van der Waals surface area contributed by atoms with Crippen LogP contribution in [-0.4, -0.2) is 29.0 Å². The second-order valence-electron chi connectivity index (χ2n) is 4.65. The standard InChI is InChI=1S/C14H12F2N4/c1-20(2)12-6-5-11-14(18-12)19-13(17-11)8-3-4-9(15)10(16)7-8/h3-7H,1-2H3,(H,17,18,19). The van der Waals surface area contributed by atoms with Crippen LogP contribution >= 0.6 is 0 Å². The molecule has 0 bridgehead atoms. The number of halogens is 2. The Hall–Kier alpha value is -2.50. The number of nitrogens with one attached hydrogen (secondary N) is 1. The summed E-state index contributed by atoms with van der Waals surface area (Å²) in [7, 11) is 3.77. The van der Waals surface area contributed by atoms with Gasteiger partial charge in [0, 0.05) is 19.7 Å². The topological polar surface area (TPSA) is 44.8 Å². The molecule has 0 amide bonds. The molecule has 4 nitrogen and oxygen atoms in total. The maximum absolute atomic E-state index is 13.3. The molecule has 0 aliphatic heterocycles. The van der Waals surface area contributed by atoms with Crippen LogP contribution in [0.3, 0.4) is 0 Å². The van der Waals surface area contributed by atoms with E-state index in [1.165, 1.54) is 6.07 Å². The molecule has 0 unspecified atom stereocenters. The Morgan fingerprint density at radius 3 is 2.50 bits per heavy atom. The van der Waals surface area contributed by atoms with Gasteiger partial charge in [0.1, 0.15) is 11.6 Å². The monoisotopic (exact) mass is 274 g/mol. The minimum Gasteiger partial charge on any atom is -0.363 e. The number of fused-ring (bicyclic) bond motifs is 1. The van der Waals surface area contributed by atoms with Gasteiger partial charge in [-0.25, -0.2) is 18.7 Å². The van der Waals surface area contributed by atoms with E-state index in [2.05, 4.69) is 15.0 Å². The minimum absolute atomic E-state index is 0.460. The molecule has 1 aromatic carbocycles. The van der Waals surface area contributed by atoms with Crippen molar-refractivity contribution in [3.63, 3.8) is 0 Å². The van der Waals surface area contributed by atoms with Crippen molar-refractivity contribution in [2.45, 2.75) is 0 Å². The zero-order valence-electron chi connectivity index (χ0n) is 11.0. The molecule has 2 heterocycles. The third-order valence-electron chi connectivity index (χ3n) is 2.98. The zero-order chi connectivity index (χ0) is 14.3. The normalized spacial score (nSPS) is 11.0. The lowest BCUT2D eigenvalue weighted by Crippen LogP contribution is -2.10. The maximum atomic E-state index is 13.3. The van der Waals surface area contributed by atoms with Gasteiger partial charge in [0.05, 0.1) is 5.52 Å². The number of benzene rings is 1. The Labute approximate surface area is 114 Å². The number of anilines is 1. The third kappa shape index (κ3) is 2.09. The Morgan fingerprint density at radius 2 is 1.80 bits per heavy atom. The molecule has 0 spiro atoms. The van der Waals surface area contributed by atoms with E-state index in [9.17, 15) is 8.78 Å². The molecule has 0 aliphatic carbocycles. The number of H-pyrrole nitrogens is 1. The molecule has 2 aromatic heterocycles. The first-order chi connectivity index (χ1) is 9.54. The number of pyridine rings is 1. The number of nitrogens with zero attached hydrogens (tertiary/aromatic N) is 3. The van der Waals surface area contributed by atoms with E-state index in [0.717, 1.165) is 23.5 Å². The van der Waals surface area contributed by atoms with Crippen LogP contribution in [0.4, 0.5) is 14.6 Å². The molecule has 102 valence electrons. The number of hydrogen-bond donors (Lipinski definition) is 1. The van der Waals surface area contributed by atoms with Gasteiger partial charge in [0.25, 0.3) is 0 Å². The molecule has 3 rings (SSSR count). The van der Waals surface area contributed by atoms with Crippen LogP contribution in [0.25, 0.3) is 22.6 Å². The summed E-state index contributed by atoms with van der Waals surface area (Å²) in [5.41, 5.74) is 1.76. The van der Waals surface area contributed by atoms with E-state index in [-0.39, 0.29) is 0 Å². The summed E-state index contributed by atoms with van der Waals surface area (Å²) in [5.74, 6) is -0.536. The fraction of sp³-hybridized carbons (Fsp3) is 0.143. The highest BCUT2D eigenvalue weighted by atomic mass is 19.2. The predicted molar refractivity (Wildman–Crippen MR) is 73.6 cm³/mol. The van der Waals surface area contributed by atoms with Gasteiger partial charge in [-0.15, -0.1) is 0 Å². The first-order valence-corrected chi connectivity index (χ1v) is 6.04. The van der Waals surface area contributed by atoms with Crippen molar-refractivity contribution in [2.75, 3.05) is 19.0 Å². The van der Waals surface area contributed by atoms with Gasteiger partial charge in [-0.2, -0.15) is 0 Å². The Balaban J connectivity index is 2.10. The summed E-state index contributed by atoms with van der Waals surface area (Å²) in [6, 6.07) is 7.38. The van der Waals surface area contributed by atoms with Crippen LogP contribution in [0.5, 0.6) is 0 Å². The van der Waals surface area contributed by atoms with E-state index in [4.69, 9.17) is 0 Å². The Bertz CT molecular complexity index is 780. The zero-order valence-corrected chi connectivity index (χ0v) is 11.0. The summed E-state index contributed by atoms with van der Waals surface area (Å²) < 4.78 is 26.2. The molecule has 0 saturated heterocycles. The second kappa shape index (κ2) is 4.56. The first-order valence-electron chi connectivity index (χ1n) is 6.04. The summed E-state index contributed by atoms with van der Waals surface area (Å²) in [6.07, 6.45) is 0. The average Bonchev–Trinajstić information content (AvgIpc) is 2.84. The summed E-state index contributed by atoms with van der Waals surface area (Å²) in [5, 5.41) is 0. The van der Waals surface area contributed by atoms with E-state index >= 15 is 0 Å². The predicted octanol–water partition coefficient (Wildman–Crippen LogP) is 2.97. The van der Waals surface area contributed by atoms with Gasteiger partial charge in [0.15, 0.2) is 17.3 Å². The van der Waals surface area contributed by atoms with Gasteiger partial charge in [-0.1, -0.05) is 0 Å². The van der Waals surface area contributed by atoms with Crippen LogP contribution in [0, 0.1) is 11.6 Å². The van der Waals surface area contributed by atoms with E-state index in [1.807, 2.05) is 31.1 Å². The van der Waals surface area contributed by atoms with Crippen LogP contribution in [0.15, 0.2) is 30.3 Å². The Morgan fingerprint density at radius 1 is 1.00 bits per heavy atom. The highest BCUT2D eigenvalue weighted by molar-refractivity contribution is 5.77. The van der Waals surface area contributed by atoms with Crippen molar-refractivity contribution in [3.05, 3.63) is 42.0 Å². The number of hydrogen-bond acceptors (Lipinski definition) is 3. The van der Waals surface area contributed by atoms with Crippen molar-refractivity contribution >= 4 is 17.0 Å². The van der Waals surface area contributed by atoms with Crippen molar-refractivity contribution in [3.8, 4) is 11.4 Å². The lowest BCUT2D eigenvalue weighted by Gasteiger charge is -2.09. The minimum atomic E-state index is -0.898. The van der Waals surface area contributed by atoms with Crippen molar-refractivity contribution in [1.82, 2.24) is 15.0 Å². The molecule has 6 heteroatoms. The number of aromatic amines is 1. The summed E-state index contributed by atoms with van der Waals surface area (Å²) >= 11 is 0. The maximum Gasteiger partial charge on any atom is 0.180 e. The van der Waals surface area contributed by atoms with E-state index in [1.54, 1.807) is 0 Å². The smallest absolute Gasteiger partial charge is 0.180 e. The first kappa shape index (κ1) is 12.5. The van der Waals surface area contributed by atoms with Gasteiger partial charge in [0.2, 0.25) is 0 Å². The van der Waals surface area contributed by atoms with E-state index in [0.29, 0.717) is 17.0 Å². The summed E-state index contributed by atoms with van der Waals surface area (Å²) in [6.45, 7) is 0. The van der Waals surface area contributed by atoms with Crippen LogP contribution in [-0.2, 0) is 0 Å². The molecule has 3 aromatic rings. The lowest BCUT2D eigenvalue weighted by molar-refractivity contribution is 0.509. The number of aromatic nitrogens is 3. The van der Waals surface area contributed by atoms with Gasteiger partial charge in [-0.3, -0.25) is 0 Å². The van der Waals surface area contributed by atoms with Gasteiger partial charge < -0.3 is 9.88 Å². The molecule has 0 fully saturated rings. The molecular formula is C14H12F2N4.